The first-order valence-corrected chi connectivity index (χ1v) is 9.42. The highest BCUT2D eigenvalue weighted by molar-refractivity contribution is 5.94. The minimum Gasteiger partial charge on any atom is -0.481 e. The summed E-state index contributed by atoms with van der Waals surface area (Å²) in [6, 6.07) is 14.7. The van der Waals surface area contributed by atoms with Crippen molar-refractivity contribution in [2.24, 2.45) is 0 Å². The average Bonchev–Trinajstić information content (AvgIpc) is 3.05. The number of fused-ring (bicyclic) bond motifs is 1. The van der Waals surface area contributed by atoms with Crippen molar-refractivity contribution in [1.29, 1.82) is 0 Å². The van der Waals surface area contributed by atoms with Crippen molar-refractivity contribution in [2.75, 3.05) is 7.05 Å². The molecule has 1 aromatic heterocycles. The van der Waals surface area contributed by atoms with E-state index in [9.17, 15) is 9.59 Å². The number of rotatable bonds is 7. The highest BCUT2D eigenvalue weighted by Crippen LogP contribution is 2.27. The largest absolute Gasteiger partial charge is 0.481 e. The van der Waals surface area contributed by atoms with Crippen molar-refractivity contribution in [1.82, 2.24) is 4.90 Å². The van der Waals surface area contributed by atoms with Gasteiger partial charge in [0.15, 0.2) is 11.9 Å². The average molecular weight is 379 g/mol. The number of Topliss-reactive ketones (excluding diaryl/α,β-unsaturated/α-hetero) is 1. The molecule has 1 atom stereocenters. The number of benzene rings is 2. The number of nitrogens with zero attached hydrogens (tertiary/aromatic N) is 1. The van der Waals surface area contributed by atoms with Gasteiger partial charge in [0.25, 0.3) is 5.91 Å². The quantitative estimate of drug-likeness (QED) is 0.562. The minimum atomic E-state index is -0.671. The zero-order valence-corrected chi connectivity index (χ0v) is 16.7. The van der Waals surface area contributed by atoms with Crippen LogP contribution >= 0.6 is 0 Å². The van der Waals surface area contributed by atoms with Crippen LogP contribution in [0.25, 0.3) is 11.0 Å². The van der Waals surface area contributed by atoms with E-state index in [1.807, 2.05) is 31.2 Å². The molecule has 28 heavy (non-hydrogen) atoms. The summed E-state index contributed by atoms with van der Waals surface area (Å²) in [6.45, 7) is 5.70. The Morgan fingerprint density at radius 3 is 2.61 bits per heavy atom. The van der Waals surface area contributed by atoms with Crippen LogP contribution in [-0.2, 0) is 17.8 Å². The molecular formula is C23H25NO4. The number of carbonyl (C=O) groups is 2. The molecule has 5 nitrogen and oxygen atoms in total. The Bertz CT molecular complexity index is 1000. The molecule has 3 aromatic rings. The molecule has 0 spiro atoms. The first-order valence-electron chi connectivity index (χ1n) is 9.42. The number of aryl methyl sites for hydroxylation is 1. The molecule has 1 unspecified atom stereocenters. The normalized spacial score (nSPS) is 12.0. The third-order valence-corrected chi connectivity index (χ3v) is 4.78. The summed E-state index contributed by atoms with van der Waals surface area (Å²) < 4.78 is 11.7. The van der Waals surface area contributed by atoms with E-state index in [1.165, 1.54) is 6.92 Å². The Morgan fingerprint density at radius 2 is 1.89 bits per heavy atom. The standard InChI is InChI=1S/C23H25NO4/c1-5-21-20(19-11-6-7-12-22(19)28-21)14-24(4)23(26)16(3)27-18-10-8-9-17(13-18)15(2)25/h6-13,16H,5,14H2,1-4H3. The first-order chi connectivity index (χ1) is 13.4. The summed E-state index contributed by atoms with van der Waals surface area (Å²) in [4.78, 5) is 26.0. The number of para-hydroxylation sites is 1. The van der Waals surface area contributed by atoms with E-state index < -0.39 is 6.10 Å². The Hall–Kier alpha value is -3.08. The van der Waals surface area contributed by atoms with Gasteiger partial charge in [-0.05, 0) is 32.0 Å². The van der Waals surface area contributed by atoms with Crippen molar-refractivity contribution in [3.63, 3.8) is 0 Å². The molecule has 3 rings (SSSR count). The Labute approximate surface area is 164 Å². The summed E-state index contributed by atoms with van der Waals surface area (Å²) in [5.41, 5.74) is 2.42. The van der Waals surface area contributed by atoms with Gasteiger partial charge in [-0.2, -0.15) is 0 Å². The number of hydrogen-bond acceptors (Lipinski definition) is 4. The molecule has 1 heterocycles. The van der Waals surface area contributed by atoms with E-state index in [0.717, 1.165) is 28.7 Å². The number of likely N-dealkylation sites (N-methyl/N-ethyl adjacent to an activating group) is 1. The third kappa shape index (κ3) is 4.09. The lowest BCUT2D eigenvalue weighted by molar-refractivity contribution is -0.137. The summed E-state index contributed by atoms with van der Waals surface area (Å²) in [7, 11) is 1.76. The van der Waals surface area contributed by atoms with Crippen LogP contribution in [0.1, 0.15) is 42.5 Å². The predicted octanol–water partition coefficient (Wildman–Crippen LogP) is 4.62. The van der Waals surface area contributed by atoms with E-state index in [0.29, 0.717) is 17.9 Å². The van der Waals surface area contributed by atoms with Crippen LogP contribution in [0.3, 0.4) is 0 Å². The molecule has 0 aliphatic heterocycles. The van der Waals surface area contributed by atoms with Crippen molar-refractivity contribution >= 4 is 22.7 Å². The van der Waals surface area contributed by atoms with Crippen LogP contribution < -0.4 is 4.74 Å². The molecule has 0 N–H and O–H groups in total. The smallest absolute Gasteiger partial charge is 0.263 e. The zero-order chi connectivity index (χ0) is 20.3. The molecule has 0 radical (unpaired) electrons. The van der Waals surface area contributed by atoms with Gasteiger partial charge in [-0.1, -0.05) is 37.3 Å². The van der Waals surface area contributed by atoms with E-state index in [2.05, 4.69) is 0 Å². The highest BCUT2D eigenvalue weighted by Gasteiger charge is 2.22. The second kappa shape index (κ2) is 8.30. The zero-order valence-electron chi connectivity index (χ0n) is 16.7. The number of hydrogen-bond donors (Lipinski definition) is 0. The second-order valence-corrected chi connectivity index (χ2v) is 6.89. The molecule has 2 aromatic carbocycles. The maximum atomic E-state index is 12.8. The van der Waals surface area contributed by atoms with Gasteiger partial charge in [-0.15, -0.1) is 0 Å². The Balaban J connectivity index is 1.74. The summed E-state index contributed by atoms with van der Waals surface area (Å²) in [6.07, 6.45) is 0.0890. The van der Waals surface area contributed by atoms with Gasteiger partial charge >= 0.3 is 0 Å². The Morgan fingerprint density at radius 1 is 1.14 bits per heavy atom. The molecule has 5 heteroatoms. The van der Waals surface area contributed by atoms with E-state index in [-0.39, 0.29) is 11.7 Å². The van der Waals surface area contributed by atoms with Crippen molar-refractivity contribution < 1.29 is 18.7 Å². The minimum absolute atomic E-state index is 0.0412. The number of ether oxygens (including phenoxy) is 1. The van der Waals surface area contributed by atoms with Crippen LogP contribution in [0, 0.1) is 0 Å². The first kappa shape index (κ1) is 19.7. The van der Waals surface area contributed by atoms with Gasteiger partial charge in [-0.25, -0.2) is 0 Å². The van der Waals surface area contributed by atoms with Crippen molar-refractivity contribution in [2.45, 2.75) is 39.8 Å². The fourth-order valence-corrected chi connectivity index (χ4v) is 3.28. The predicted molar refractivity (Wildman–Crippen MR) is 109 cm³/mol. The molecule has 0 bridgehead atoms. The lowest BCUT2D eigenvalue weighted by Gasteiger charge is -2.22. The van der Waals surface area contributed by atoms with E-state index in [1.54, 1.807) is 43.1 Å². The molecule has 0 aliphatic carbocycles. The number of amides is 1. The maximum absolute atomic E-state index is 12.8. The molecule has 0 fully saturated rings. The number of carbonyl (C=O) groups excluding carboxylic acids is 2. The Kier molecular flexibility index (Phi) is 5.83. The summed E-state index contributed by atoms with van der Waals surface area (Å²) in [5.74, 6) is 1.22. The lowest BCUT2D eigenvalue weighted by Crippen LogP contribution is -2.37. The third-order valence-electron chi connectivity index (χ3n) is 4.78. The van der Waals surface area contributed by atoms with Crippen LogP contribution in [0.2, 0.25) is 0 Å². The summed E-state index contributed by atoms with van der Waals surface area (Å²) >= 11 is 0. The SMILES string of the molecule is CCc1oc2ccccc2c1CN(C)C(=O)C(C)Oc1cccc(C(C)=O)c1. The van der Waals surface area contributed by atoms with Gasteiger partial charge in [0.2, 0.25) is 0 Å². The van der Waals surface area contributed by atoms with Crippen LogP contribution in [0.15, 0.2) is 52.9 Å². The van der Waals surface area contributed by atoms with E-state index in [4.69, 9.17) is 9.15 Å². The maximum Gasteiger partial charge on any atom is 0.263 e. The lowest BCUT2D eigenvalue weighted by atomic mass is 10.1. The molecule has 0 saturated heterocycles. The van der Waals surface area contributed by atoms with Gasteiger partial charge in [0.1, 0.15) is 17.1 Å². The van der Waals surface area contributed by atoms with Crippen LogP contribution in [-0.4, -0.2) is 29.7 Å². The molecule has 0 saturated carbocycles. The number of furan rings is 1. The molecule has 146 valence electrons. The van der Waals surface area contributed by atoms with Gasteiger partial charge in [0, 0.05) is 36.5 Å². The highest BCUT2D eigenvalue weighted by atomic mass is 16.5. The van der Waals surface area contributed by atoms with Crippen molar-refractivity contribution in [3.05, 3.63) is 65.4 Å². The molecule has 1 amide bonds. The summed E-state index contributed by atoms with van der Waals surface area (Å²) in [5, 5.41) is 1.03. The van der Waals surface area contributed by atoms with Gasteiger partial charge in [0.05, 0.1) is 0 Å². The topological polar surface area (TPSA) is 59.8 Å². The molecular weight excluding hydrogens is 354 g/mol. The van der Waals surface area contributed by atoms with Gasteiger partial charge in [-0.3, -0.25) is 9.59 Å². The molecule has 0 aliphatic rings. The van der Waals surface area contributed by atoms with E-state index >= 15 is 0 Å². The number of ketones is 1. The second-order valence-electron chi connectivity index (χ2n) is 6.89. The monoisotopic (exact) mass is 379 g/mol. The van der Waals surface area contributed by atoms with Crippen LogP contribution in [0.5, 0.6) is 5.75 Å². The van der Waals surface area contributed by atoms with Crippen molar-refractivity contribution in [3.8, 4) is 5.75 Å². The van der Waals surface area contributed by atoms with Gasteiger partial charge < -0.3 is 14.1 Å². The van der Waals surface area contributed by atoms with Crippen LogP contribution in [0.4, 0.5) is 0 Å². The fourth-order valence-electron chi connectivity index (χ4n) is 3.28. The fraction of sp³-hybridized carbons (Fsp3) is 0.304.